The number of hydrogen-bond acceptors (Lipinski definition) is 2. The highest BCUT2D eigenvalue weighted by atomic mass is 35.5. The fourth-order valence-electron chi connectivity index (χ4n) is 2.98. The van der Waals surface area contributed by atoms with Crippen LogP contribution in [0.2, 0.25) is 5.02 Å². The predicted molar refractivity (Wildman–Crippen MR) is 93.3 cm³/mol. The van der Waals surface area contributed by atoms with E-state index >= 15 is 0 Å². The van der Waals surface area contributed by atoms with Gasteiger partial charge in [-0.1, -0.05) is 41.9 Å². The number of fused-ring (bicyclic) bond motifs is 1. The van der Waals surface area contributed by atoms with E-state index in [1.807, 2.05) is 24.3 Å². The molecule has 0 aliphatic carbocycles. The van der Waals surface area contributed by atoms with Crippen LogP contribution >= 0.6 is 11.6 Å². The summed E-state index contributed by atoms with van der Waals surface area (Å²) in [6, 6.07) is 13.8. The molecule has 1 atom stereocenters. The number of halogens is 1. The van der Waals surface area contributed by atoms with Gasteiger partial charge in [-0.2, -0.15) is 0 Å². The molecule has 3 N–H and O–H groups in total. The van der Waals surface area contributed by atoms with E-state index in [-0.39, 0.29) is 5.91 Å². The molecule has 1 aliphatic heterocycles. The molecule has 1 unspecified atom stereocenters. The Morgan fingerprint density at radius 1 is 1.26 bits per heavy atom. The number of carbonyl (C=O) groups excluding carboxylic acids is 1. The summed E-state index contributed by atoms with van der Waals surface area (Å²) in [5.41, 5.74) is 10.1. The first-order chi connectivity index (χ1) is 11.1. The van der Waals surface area contributed by atoms with E-state index in [1.165, 1.54) is 11.1 Å². The number of primary amides is 1. The van der Waals surface area contributed by atoms with Gasteiger partial charge >= 0.3 is 0 Å². The fraction of sp³-hybridized carbons (Fsp3) is 0.263. The van der Waals surface area contributed by atoms with Crippen LogP contribution in [0.4, 0.5) is 0 Å². The zero-order chi connectivity index (χ0) is 16.2. The Bertz CT molecular complexity index is 697. The summed E-state index contributed by atoms with van der Waals surface area (Å²) in [5.74, 6) is -0.317. The van der Waals surface area contributed by atoms with Gasteiger partial charge in [0.15, 0.2) is 0 Å². The second-order valence-corrected chi connectivity index (χ2v) is 6.32. The van der Waals surface area contributed by atoms with Crippen molar-refractivity contribution < 1.29 is 4.79 Å². The van der Waals surface area contributed by atoms with Gasteiger partial charge in [-0.05, 0) is 66.6 Å². The number of hydrogen-bond donors (Lipinski definition) is 2. The topological polar surface area (TPSA) is 55.1 Å². The molecule has 0 fully saturated rings. The van der Waals surface area contributed by atoms with Crippen molar-refractivity contribution in [2.24, 2.45) is 5.73 Å². The van der Waals surface area contributed by atoms with Crippen molar-refractivity contribution in [3.05, 3.63) is 76.2 Å². The summed E-state index contributed by atoms with van der Waals surface area (Å²) in [6.45, 7) is 0.812. The molecule has 2 aromatic rings. The summed E-state index contributed by atoms with van der Waals surface area (Å²) in [5, 5.41) is 3.99. The summed E-state index contributed by atoms with van der Waals surface area (Å²) in [7, 11) is 0. The molecule has 0 saturated carbocycles. The van der Waals surface area contributed by atoms with E-state index in [1.54, 1.807) is 0 Å². The number of rotatable bonds is 4. The lowest BCUT2D eigenvalue weighted by Crippen LogP contribution is -2.33. The molecule has 4 heteroatoms. The first-order valence-corrected chi connectivity index (χ1v) is 8.24. The number of aryl methyl sites for hydroxylation is 1. The largest absolute Gasteiger partial charge is 0.368 e. The summed E-state index contributed by atoms with van der Waals surface area (Å²) < 4.78 is 0. The average Bonchev–Trinajstić information content (AvgIpc) is 2.76. The highest BCUT2D eigenvalue weighted by molar-refractivity contribution is 6.30. The van der Waals surface area contributed by atoms with Crippen LogP contribution in [0.1, 0.15) is 34.7 Å². The molecule has 119 valence electrons. The average molecular weight is 328 g/mol. The normalized spacial score (nSPS) is 17.3. The highest BCUT2D eigenvalue weighted by Crippen LogP contribution is 2.25. The number of carbonyl (C=O) groups is 1. The summed E-state index contributed by atoms with van der Waals surface area (Å²) in [6.07, 6.45) is 4.98. The SMILES string of the molecule is NC(=O)C1NCCCc2ccc([CH]Cc3ccc(Cl)cc3)cc21. The number of nitrogens with one attached hydrogen (secondary N) is 1. The molecular weight excluding hydrogens is 308 g/mol. The second-order valence-electron chi connectivity index (χ2n) is 5.89. The molecule has 3 nitrogen and oxygen atoms in total. The molecule has 1 amide bonds. The Kier molecular flexibility index (Phi) is 4.99. The van der Waals surface area contributed by atoms with Gasteiger partial charge in [0.05, 0.1) is 0 Å². The molecule has 0 spiro atoms. The third kappa shape index (κ3) is 3.92. The smallest absolute Gasteiger partial charge is 0.239 e. The highest BCUT2D eigenvalue weighted by Gasteiger charge is 2.22. The van der Waals surface area contributed by atoms with Crippen LogP contribution in [0, 0.1) is 6.42 Å². The Hall–Kier alpha value is -1.84. The maximum atomic E-state index is 11.7. The standard InChI is InChI=1S/C19H20ClN2O/c20-16-9-6-13(7-10-16)3-4-14-5-8-15-2-1-11-22-18(19(21)23)17(15)12-14/h4-10,12,18,22H,1-3,11H2,(H2,21,23). The molecule has 3 rings (SSSR count). The van der Waals surface area contributed by atoms with Crippen LogP contribution in [0.3, 0.4) is 0 Å². The van der Waals surface area contributed by atoms with Crippen LogP contribution < -0.4 is 11.1 Å². The molecule has 0 bridgehead atoms. The Morgan fingerprint density at radius 3 is 2.78 bits per heavy atom. The summed E-state index contributed by atoms with van der Waals surface area (Å²) in [4.78, 5) is 11.7. The van der Waals surface area contributed by atoms with E-state index in [0.717, 1.165) is 42.0 Å². The van der Waals surface area contributed by atoms with E-state index in [9.17, 15) is 4.79 Å². The van der Waals surface area contributed by atoms with Crippen molar-refractivity contribution >= 4 is 17.5 Å². The lowest BCUT2D eigenvalue weighted by Gasteiger charge is -2.16. The van der Waals surface area contributed by atoms with Crippen molar-refractivity contribution in [2.45, 2.75) is 25.3 Å². The molecule has 2 aromatic carbocycles. The molecule has 0 saturated heterocycles. The Morgan fingerprint density at radius 2 is 2.04 bits per heavy atom. The minimum Gasteiger partial charge on any atom is -0.368 e. The van der Waals surface area contributed by atoms with Crippen molar-refractivity contribution in [1.82, 2.24) is 5.32 Å². The van der Waals surface area contributed by atoms with Crippen LogP contribution in [-0.4, -0.2) is 12.5 Å². The molecule has 0 aromatic heterocycles. The zero-order valence-electron chi connectivity index (χ0n) is 12.9. The second kappa shape index (κ2) is 7.16. The Balaban J connectivity index is 1.78. The first kappa shape index (κ1) is 16.0. The third-order valence-electron chi connectivity index (χ3n) is 4.22. The van der Waals surface area contributed by atoms with Crippen molar-refractivity contribution in [3.63, 3.8) is 0 Å². The monoisotopic (exact) mass is 327 g/mol. The zero-order valence-corrected chi connectivity index (χ0v) is 13.6. The third-order valence-corrected chi connectivity index (χ3v) is 4.48. The van der Waals surface area contributed by atoms with E-state index in [2.05, 4.69) is 29.9 Å². The Labute approximate surface area is 141 Å². The minimum atomic E-state index is -0.392. The van der Waals surface area contributed by atoms with Gasteiger partial charge in [-0.25, -0.2) is 0 Å². The number of nitrogens with two attached hydrogens (primary N) is 1. The lowest BCUT2D eigenvalue weighted by atomic mass is 9.94. The maximum Gasteiger partial charge on any atom is 0.239 e. The number of benzene rings is 2. The van der Waals surface area contributed by atoms with Gasteiger partial charge in [0.25, 0.3) is 0 Å². The van der Waals surface area contributed by atoms with Crippen LogP contribution in [0.25, 0.3) is 0 Å². The molecule has 1 heterocycles. The molecule has 23 heavy (non-hydrogen) atoms. The van der Waals surface area contributed by atoms with Crippen molar-refractivity contribution in [1.29, 1.82) is 0 Å². The van der Waals surface area contributed by atoms with Gasteiger partial charge < -0.3 is 11.1 Å². The van der Waals surface area contributed by atoms with E-state index < -0.39 is 6.04 Å². The predicted octanol–water partition coefficient (Wildman–Crippen LogP) is 3.20. The summed E-state index contributed by atoms with van der Waals surface area (Å²) >= 11 is 5.91. The van der Waals surface area contributed by atoms with Crippen LogP contribution in [0.15, 0.2) is 42.5 Å². The maximum absolute atomic E-state index is 11.7. The van der Waals surface area contributed by atoms with E-state index in [4.69, 9.17) is 17.3 Å². The molecule has 1 aliphatic rings. The van der Waals surface area contributed by atoms with E-state index in [0.29, 0.717) is 0 Å². The van der Waals surface area contributed by atoms with Crippen molar-refractivity contribution in [3.8, 4) is 0 Å². The molecular formula is C19H20ClN2O. The fourth-order valence-corrected chi connectivity index (χ4v) is 3.11. The van der Waals surface area contributed by atoms with Crippen LogP contribution in [0.5, 0.6) is 0 Å². The van der Waals surface area contributed by atoms with Gasteiger partial charge in [-0.3, -0.25) is 4.79 Å². The van der Waals surface area contributed by atoms with Crippen LogP contribution in [-0.2, 0) is 17.6 Å². The lowest BCUT2D eigenvalue weighted by molar-refractivity contribution is -0.120. The molecule has 1 radical (unpaired) electrons. The van der Waals surface area contributed by atoms with Gasteiger partial charge in [0, 0.05) is 5.02 Å². The van der Waals surface area contributed by atoms with Gasteiger partial charge in [-0.15, -0.1) is 0 Å². The quantitative estimate of drug-likeness (QED) is 0.906. The van der Waals surface area contributed by atoms with Gasteiger partial charge in [0.1, 0.15) is 6.04 Å². The van der Waals surface area contributed by atoms with Gasteiger partial charge in [0.2, 0.25) is 5.91 Å². The first-order valence-electron chi connectivity index (χ1n) is 7.86. The number of amides is 1. The van der Waals surface area contributed by atoms with Crippen molar-refractivity contribution in [2.75, 3.05) is 6.54 Å². The minimum absolute atomic E-state index is 0.317.